The van der Waals surface area contributed by atoms with Crippen LogP contribution >= 0.6 is 0 Å². The lowest BCUT2D eigenvalue weighted by atomic mass is 10.2. The van der Waals surface area contributed by atoms with E-state index in [0.29, 0.717) is 5.69 Å². The maximum atomic E-state index is 13.1. The highest BCUT2D eigenvalue weighted by molar-refractivity contribution is 5.94. The van der Waals surface area contributed by atoms with Crippen molar-refractivity contribution >= 4 is 17.7 Å². The van der Waals surface area contributed by atoms with Crippen molar-refractivity contribution in [2.45, 2.75) is 33.3 Å². The molecule has 0 spiro atoms. The van der Waals surface area contributed by atoms with Gasteiger partial charge in [0.25, 0.3) is 0 Å². The lowest BCUT2D eigenvalue weighted by molar-refractivity contribution is -0.115. The van der Waals surface area contributed by atoms with Crippen LogP contribution in [0.5, 0.6) is 0 Å². The lowest BCUT2D eigenvalue weighted by Crippen LogP contribution is -2.37. The quantitative estimate of drug-likeness (QED) is 0.895. The second-order valence-electron chi connectivity index (χ2n) is 5.36. The highest BCUT2D eigenvalue weighted by Crippen LogP contribution is 2.15. The molecule has 2 N–H and O–H groups in total. The first kappa shape index (κ1) is 15.9. The Balaban J connectivity index is 2.48. The van der Waals surface area contributed by atoms with Gasteiger partial charge in [0.05, 0.1) is 0 Å². The minimum Gasteiger partial charge on any atom is -0.444 e. The van der Waals surface area contributed by atoms with Gasteiger partial charge in [0, 0.05) is 5.69 Å². The number of hydrogen-bond donors (Lipinski definition) is 2. The smallest absolute Gasteiger partial charge is 0.408 e. The number of nitrogens with one attached hydrogen (secondary N) is 2. The summed E-state index contributed by atoms with van der Waals surface area (Å²) in [5, 5.41) is 4.85. The zero-order valence-electron chi connectivity index (χ0n) is 12.0. The molecule has 0 bridgehead atoms. The van der Waals surface area contributed by atoms with Gasteiger partial charge in [0.1, 0.15) is 18.0 Å². The molecule has 2 amide bonds. The molecule has 1 aromatic carbocycles. The molecule has 0 aliphatic heterocycles. The van der Waals surface area contributed by atoms with Crippen LogP contribution in [0.3, 0.4) is 0 Å². The number of carbonyl (C=O) groups excluding carboxylic acids is 2. The molecule has 110 valence electrons. The third kappa shape index (κ3) is 5.69. The molecule has 0 aliphatic carbocycles. The second-order valence-corrected chi connectivity index (χ2v) is 5.36. The molecule has 0 heterocycles. The Labute approximate surface area is 117 Å². The van der Waals surface area contributed by atoms with Gasteiger partial charge >= 0.3 is 6.09 Å². The number of anilines is 1. The molecule has 0 saturated carbocycles. The van der Waals surface area contributed by atoms with Crippen LogP contribution in [0, 0.1) is 12.7 Å². The molecule has 5 nitrogen and oxygen atoms in total. The summed E-state index contributed by atoms with van der Waals surface area (Å²) in [4.78, 5) is 23.0. The van der Waals surface area contributed by atoms with Crippen LogP contribution in [0.15, 0.2) is 18.2 Å². The van der Waals surface area contributed by atoms with E-state index in [2.05, 4.69) is 10.6 Å². The van der Waals surface area contributed by atoms with E-state index in [1.807, 2.05) is 0 Å². The van der Waals surface area contributed by atoms with Crippen LogP contribution in [0.4, 0.5) is 14.9 Å². The summed E-state index contributed by atoms with van der Waals surface area (Å²) in [6, 6.07) is 4.09. The number of alkyl carbamates (subject to hydrolysis) is 1. The third-order valence-electron chi connectivity index (χ3n) is 2.27. The van der Waals surface area contributed by atoms with Gasteiger partial charge in [-0.15, -0.1) is 0 Å². The van der Waals surface area contributed by atoms with Gasteiger partial charge in [-0.25, -0.2) is 9.18 Å². The molecule has 0 unspecified atom stereocenters. The van der Waals surface area contributed by atoms with E-state index in [0.717, 1.165) is 5.56 Å². The Morgan fingerprint density at radius 2 is 1.95 bits per heavy atom. The number of hydrogen-bond acceptors (Lipinski definition) is 3. The van der Waals surface area contributed by atoms with Crippen molar-refractivity contribution < 1.29 is 18.7 Å². The zero-order chi connectivity index (χ0) is 15.3. The number of benzene rings is 1. The van der Waals surface area contributed by atoms with Crippen molar-refractivity contribution in [1.29, 1.82) is 0 Å². The number of rotatable bonds is 3. The average molecular weight is 282 g/mol. The maximum absolute atomic E-state index is 13.1. The van der Waals surface area contributed by atoms with Crippen LogP contribution < -0.4 is 10.6 Å². The minimum atomic E-state index is -0.677. The lowest BCUT2D eigenvalue weighted by Gasteiger charge is -2.19. The van der Waals surface area contributed by atoms with E-state index in [4.69, 9.17) is 4.74 Å². The van der Waals surface area contributed by atoms with Gasteiger partial charge in [-0.3, -0.25) is 4.79 Å². The number of halogens is 1. The normalized spacial score (nSPS) is 10.8. The molecule has 1 aromatic rings. The Kier molecular flexibility index (Phi) is 5.07. The van der Waals surface area contributed by atoms with Gasteiger partial charge in [-0.05, 0) is 45.4 Å². The second kappa shape index (κ2) is 6.36. The number of amides is 2. The summed E-state index contributed by atoms with van der Waals surface area (Å²) in [5.74, 6) is -0.893. The molecule has 0 aliphatic rings. The highest BCUT2D eigenvalue weighted by atomic mass is 19.1. The van der Waals surface area contributed by atoms with Gasteiger partial charge in [0.2, 0.25) is 5.91 Å². The Morgan fingerprint density at radius 1 is 1.30 bits per heavy atom. The van der Waals surface area contributed by atoms with Crippen LogP contribution in [-0.2, 0) is 9.53 Å². The number of aryl methyl sites for hydroxylation is 1. The van der Waals surface area contributed by atoms with Crippen molar-refractivity contribution in [2.24, 2.45) is 0 Å². The fourth-order valence-corrected chi connectivity index (χ4v) is 1.39. The average Bonchev–Trinajstić information content (AvgIpc) is 2.29. The van der Waals surface area contributed by atoms with E-state index in [1.165, 1.54) is 12.1 Å². The topological polar surface area (TPSA) is 67.4 Å². The van der Waals surface area contributed by atoms with E-state index in [-0.39, 0.29) is 6.54 Å². The third-order valence-corrected chi connectivity index (χ3v) is 2.27. The molecule has 0 radical (unpaired) electrons. The fourth-order valence-electron chi connectivity index (χ4n) is 1.39. The highest BCUT2D eigenvalue weighted by Gasteiger charge is 2.16. The molecule has 0 fully saturated rings. The van der Waals surface area contributed by atoms with Crippen LogP contribution in [0.1, 0.15) is 26.3 Å². The van der Waals surface area contributed by atoms with E-state index in [1.54, 1.807) is 33.8 Å². The van der Waals surface area contributed by atoms with Gasteiger partial charge in [0.15, 0.2) is 0 Å². The van der Waals surface area contributed by atoms with Crippen molar-refractivity contribution in [1.82, 2.24) is 5.32 Å². The summed E-state index contributed by atoms with van der Waals surface area (Å²) in [5.41, 5.74) is 0.484. The Bertz CT molecular complexity index is 510. The van der Waals surface area contributed by atoms with Crippen molar-refractivity contribution in [3.05, 3.63) is 29.6 Å². The summed E-state index contributed by atoms with van der Waals surface area (Å²) >= 11 is 0. The van der Waals surface area contributed by atoms with Gasteiger partial charge in [-0.1, -0.05) is 6.07 Å². The van der Waals surface area contributed by atoms with Crippen molar-refractivity contribution in [3.63, 3.8) is 0 Å². The van der Waals surface area contributed by atoms with Gasteiger partial charge < -0.3 is 15.4 Å². The fraction of sp³-hybridized carbons (Fsp3) is 0.429. The standard InChI is InChI=1S/C14H19FN2O3/c1-9-5-6-10(15)7-11(9)17-12(18)8-16-13(19)20-14(2,3)4/h5-7H,8H2,1-4H3,(H,16,19)(H,17,18). The van der Waals surface area contributed by atoms with Crippen molar-refractivity contribution in [3.8, 4) is 0 Å². The van der Waals surface area contributed by atoms with Crippen LogP contribution in [0.25, 0.3) is 0 Å². The number of carbonyl (C=O) groups is 2. The van der Waals surface area contributed by atoms with Crippen LogP contribution in [0.2, 0.25) is 0 Å². The molecule has 0 atom stereocenters. The Hall–Kier alpha value is -2.11. The molecule has 1 rings (SSSR count). The van der Waals surface area contributed by atoms with Gasteiger partial charge in [-0.2, -0.15) is 0 Å². The van der Waals surface area contributed by atoms with E-state index >= 15 is 0 Å². The summed E-state index contributed by atoms with van der Waals surface area (Å²) in [7, 11) is 0. The zero-order valence-corrected chi connectivity index (χ0v) is 12.0. The molecule has 20 heavy (non-hydrogen) atoms. The maximum Gasteiger partial charge on any atom is 0.408 e. The molecular formula is C14H19FN2O3. The van der Waals surface area contributed by atoms with Crippen molar-refractivity contribution in [2.75, 3.05) is 11.9 Å². The molecular weight excluding hydrogens is 263 g/mol. The first-order valence-corrected chi connectivity index (χ1v) is 6.20. The number of ether oxygens (including phenoxy) is 1. The summed E-state index contributed by atoms with van der Waals surface area (Å²) < 4.78 is 18.0. The molecule has 0 aromatic heterocycles. The molecule has 6 heteroatoms. The first-order valence-electron chi connectivity index (χ1n) is 6.20. The first-order chi connectivity index (χ1) is 9.17. The van der Waals surface area contributed by atoms with Crippen LogP contribution in [-0.4, -0.2) is 24.1 Å². The summed E-state index contributed by atoms with van der Waals surface area (Å²) in [6.07, 6.45) is -0.677. The summed E-state index contributed by atoms with van der Waals surface area (Å²) in [6.45, 7) is 6.68. The van der Waals surface area contributed by atoms with E-state index in [9.17, 15) is 14.0 Å². The molecule has 0 saturated heterocycles. The largest absolute Gasteiger partial charge is 0.444 e. The predicted octanol–water partition coefficient (Wildman–Crippen LogP) is 2.60. The monoisotopic (exact) mass is 282 g/mol. The minimum absolute atomic E-state index is 0.245. The predicted molar refractivity (Wildman–Crippen MR) is 74.0 cm³/mol. The SMILES string of the molecule is Cc1ccc(F)cc1NC(=O)CNC(=O)OC(C)(C)C. The Morgan fingerprint density at radius 3 is 2.55 bits per heavy atom. The van der Waals surface area contributed by atoms with E-state index < -0.39 is 23.4 Å².